The van der Waals surface area contributed by atoms with E-state index < -0.39 is 0 Å². The molecule has 1 aliphatic carbocycles. The Labute approximate surface area is 176 Å². The van der Waals surface area contributed by atoms with E-state index in [9.17, 15) is 4.39 Å². The molecule has 1 atom stereocenters. The summed E-state index contributed by atoms with van der Waals surface area (Å²) in [6.45, 7) is 1.44. The van der Waals surface area contributed by atoms with Crippen LogP contribution in [0.25, 0.3) is 0 Å². The topological polar surface area (TPSA) is 45.7 Å². The van der Waals surface area contributed by atoms with E-state index in [1.807, 2.05) is 24.3 Å². The van der Waals surface area contributed by atoms with Crippen LogP contribution in [0.2, 0.25) is 0 Å². The Bertz CT molecular complexity index is 823. The molecule has 1 fully saturated rings. The smallest absolute Gasteiger partial charge is 0.191 e. The standard InChI is InChI=1S/C21H24FN3O.HI/c1-23-20(25-18-9-12-26-19-8-3-2-7-17(18)19)24-14-21(10-11-21)15-5-4-6-16(22)13-15;/h2-8,13,18H,9-12,14H2,1H3,(H2,23,24,25);1H. The van der Waals surface area contributed by atoms with E-state index in [0.29, 0.717) is 6.61 Å². The summed E-state index contributed by atoms with van der Waals surface area (Å²) in [6, 6.07) is 15.2. The molecule has 6 heteroatoms. The van der Waals surface area contributed by atoms with Crippen LogP contribution in [0.1, 0.15) is 36.4 Å². The first-order valence-electron chi connectivity index (χ1n) is 9.15. The zero-order chi connectivity index (χ0) is 18.0. The van der Waals surface area contributed by atoms with Crippen LogP contribution in [0, 0.1) is 5.82 Å². The molecular formula is C21H25FIN3O. The van der Waals surface area contributed by atoms with Gasteiger partial charge in [0.15, 0.2) is 5.96 Å². The number of benzene rings is 2. The fourth-order valence-electron chi connectivity index (χ4n) is 3.64. The molecule has 4 nitrogen and oxygen atoms in total. The number of para-hydroxylation sites is 1. The summed E-state index contributed by atoms with van der Waals surface area (Å²) in [4.78, 5) is 4.38. The Hall–Kier alpha value is -1.83. The average molecular weight is 481 g/mol. The number of halogens is 2. The molecule has 2 N–H and O–H groups in total. The lowest BCUT2D eigenvalue weighted by molar-refractivity contribution is 0.261. The van der Waals surface area contributed by atoms with Crippen LogP contribution >= 0.6 is 24.0 Å². The molecule has 0 bridgehead atoms. The summed E-state index contributed by atoms with van der Waals surface area (Å²) < 4.78 is 19.3. The van der Waals surface area contributed by atoms with Gasteiger partial charge in [-0.05, 0) is 36.6 Å². The summed E-state index contributed by atoms with van der Waals surface area (Å²) >= 11 is 0. The predicted molar refractivity (Wildman–Crippen MR) is 117 cm³/mol. The zero-order valence-electron chi connectivity index (χ0n) is 15.4. The van der Waals surface area contributed by atoms with Crippen LogP contribution in [-0.4, -0.2) is 26.2 Å². The molecule has 4 rings (SSSR count). The number of guanidine groups is 1. The predicted octanol–water partition coefficient (Wildman–Crippen LogP) is 4.16. The van der Waals surface area contributed by atoms with Gasteiger partial charge in [0.25, 0.3) is 0 Å². The van der Waals surface area contributed by atoms with Crippen molar-refractivity contribution in [1.82, 2.24) is 10.6 Å². The average Bonchev–Trinajstić information content (AvgIpc) is 3.46. The molecule has 2 aromatic carbocycles. The van der Waals surface area contributed by atoms with Crippen molar-refractivity contribution in [2.45, 2.75) is 30.7 Å². The first-order chi connectivity index (χ1) is 12.7. The maximum absolute atomic E-state index is 13.6. The number of hydrogen-bond donors (Lipinski definition) is 2. The van der Waals surface area contributed by atoms with Crippen molar-refractivity contribution >= 4 is 29.9 Å². The van der Waals surface area contributed by atoms with Gasteiger partial charge in [0.05, 0.1) is 12.6 Å². The molecule has 1 unspecified atom stereocenters. The number of fused-ring (bicyclic) bond motifs is 1. The molecule has 0 saturated heterocycles. The fourth-order valence-corrected chi connectivity index (χ4v) is 3.64. The highest BCUT2D eigenvalue weighted by Gasteiger charge is 2.44. The maximum Gasteiger partial charge on any atom is 0.191 e. The van der Waals surface area contributed by atoms with Crippen molar-refractivity contribution in [2.24, 2.45) is 4.99 Å². The lowest BCUT2D eigenvalue weighted by Gasteiger charge is -2.28. The van der Waals surface area contributed by atoms with Gasteiger partial charge in [-0.2, -0.15) is 0 Å². The van der Waals surface area contributed by atoms with Crippen molar-refractivity contribution in [3.05, 3.63) is 65.5 Å². The molecule has 144 valence electrons. The third-order valence-electron chi connectivity index (χ3n) is 5.38. The van der Waals surface area contributed by atoms with E-state index in [2.05, 4.69) is 21.7 Å². The van der Waals surface area contributed by atoms with E-state index in [1.54, 1.807) is 19.2 Å². The lowest BCUT2D eigenvalue weighted by Crippen LogP contribution is -2.43. The fraction of sp³-hybridized carbons (Fsp3) is 0.381. The molecule has 1 heterocycles. The van der Waals surface area contributed by atoms with Gasteiger partial charge in [-0.15, -0.1) is 24.0 Å². The number of aliphatic imine (C=N–C) groups is 1. The second-order valence-electron chi connectivity index (χ2n) is 7.09. The van der Waals surface area contributed by atoms with Gasteiger partial charge in [0.2, 0.25) is 0 Å². The summed E-state index contributed by atoms with van der Waals surface area (Å²) in [5.74, 6) is 1.54. The lowest BCUT2D eigenvalue weighted by atomic mass is 9.96. The minimum Gasteiger partial charge on any atom is -0.493 e. The minimum atomic E-state index is -0.171. The summed E-state index contributed by atoms with van der Waals surface area (Å²) in [5, 5.41) is 6.95. The summed E-state index contributed by atoms with van der Waals surface area (Å²) in [5.41, 5.74) is 2.25. The Kier molecular flexibility index (Phi) is 6.24. The molecule has 1 aliphatic heterocycles. The molecule has 0 spiro atoms. The highest BCUT2D eigenvalue weighted by Crippen LogP contribution is 2.47. The zero-order valence-corrected chi connectivity index (χ0v) is 17.7. The van der Waals surface area contributed by atoms with Crippen LogP contribution in [0.4, 0.5) is 4.39 Å². The van der Waals surface area contributed by atoms with Crippen LogP contribution in [0.3, 0.4) is 0 Å². The number of nitrogens with zero attached hydrogens (tertiary/aromatic N) is 1. The SMILES string of the molecule is CN=C(NCC1(c2cccc(F)c2)CC1)NC1CCOc2ccccc21.I. The second-order valence-corrected chi connectivity index (χ2v) is 7.09. The third-order valence-corrected chi connectivity index (χ3v) is 5.38. The van der Waals surface area contributed by atoms with Crippen LogP contribution in [-0.2, 0) is 5.41 Å². The first kappa shape index (κ1) is 19.9. The van der Waals surface area contributed by atoms with E-state index >= 15 is 0 Å². The minimum absolute atomic E-state index is 0. The highest BCUT2D eigenvalue weighted by atomic mass is 127. The first-order valence-corrected chi connectivity index (χ1v) is 9.15. The van der Waals surface area contributed by atoms with E-state index in [1.165, 1.54) is 6.07 Å². The molecule has 0 radical (unpaired) electrons. The van der Waals surface area contributed by atoms with Gasteiger partial charge in [-0.1, -0.05) is 30.3 Å². The number of ether oxygens (including phenoxy) is 1. The third kappa shape index (κ3) is 4.36. The number of rotatable bonds is 4. The van der Waals surface area contributed by atoms with Gasteiger partial charge in [-0.3, -0.25) is 4.99 Å². The maximum atomic E-state index is 13.6. The van der Waals surface area contributed by atoms with Crippen molar-refractivity contribution in [1.29, 1.82) is 0 Å². The molecule has 2 aliphatic rings. The second kappa shape index (κ2) is 8.46. The highest BCUT2D eigenvalue weighted by molar-refractivity contribution is 14.0. The Morgan fingerprint density at radius 3 is 2.78 bits per heavy atom. The number of nitrogens with one attached hydrogen (secondary N) is 2. The quantitative estimate of drug-likeness (QED) is 0.392. The van der Waals surface area contributed by atoms with Gasteiger partial charge >= 0.3 is 0 Å². The molecule has 0 aromatic heterocycles. The monoisotopic (exact) mass is 481 g/mol. The van der Waals surface area contributed by atoms with Crippen molar-refractivity contribution < 1.29 is 9.13 Å². The van der Waals surface area contributed by atoms with Gasteiger partial charge in [0, 0.05) is 31.0 Å². The van der Waals surface area contributed by atoms with Crippen molar-refractivity contribution in [3.63, 3.8) is 0 Å². The largest absolute Gasteiger partial charge is 0.493 e. The molecule has 2 aromatic rings. The normalized spacial score (nSPS) is 19.9. The Morgan fingerprint density at radius 2 is 2.04 bits per heavy atom. The molecule has 0 amide bonds. The van der Waals surface area contributed by atoms with Crippen molar-refractivity contribution in [3.8, 4) is 5.75 Å². The van der Waals surface area contributed by atoms with Gasteiger partial charge in [-0.25, -0.2) is 4.39 Å². The van der Waals surface area contributed by atoms with Gasteiger partial charge < -0.3 is 15.4 Å². The van der Waals surface area contributed by atoms with E-state index in [-0.39, 0.29) is 41.3 Å². The Morgan fingerprint density at radius 1 is 1.22 bits per heavy atom. The summed E-state index contributed by atoms with van der Waals surface area (Å²) in [6.07, 6.45) is 3.04. The van der Waals surface area contributed by atoms with Crippen LogP contribution < -0.4 is 15.4 Å². The van der Waals surface area contributed by atoms with Crippen molar-refractivity contribution in [2.75, 3.05) is 20.2 Å². The van der Waals surface area contributed by atoms with E-state index in [0.717, 1.165) is 48.6 Å². The molecule has 27 heavy (non-hydrogen) atoms. The summed E-state index contributed by atoms with van der Waals surface area (Å²) in [7, 11) is 1.78. The van der Waals surface area contributed by atoms with Crippen LogP contribution in [0.15, 0.2) is 53.5 Å². The number of hydrogen-bond acceptors (Lipinski definition) is 2. The van der Waals surface area contributed by atoms with Gasteiger partial charge in [0.1, 0.15) is 11.6 Å². The molecule has 1 saturated carbocycles. The van der Waals surface area contributed by atoms with Crippen LogP contribution in [0.5, 0.6) is 5.75 Å². The Balaban J connectivity index is 0.00000210. The van der Waals surface area contributed by atoms with E-state index in [4.69, 9.17) is 4.74 Å². The molecular weight excluding hydrogens is 456 g/mol.